The lowest BCUT2D eigenvalue weighted by Gasteiger charge is -2.09. The predicted molar refractivity (Wildman–Crippen MR) is 85.5 cm³/mol. The van der Waals surface area contributed by atoms with Crippen molar-refractivity contribution < 1.29 is 18.7 Å². The lowest BCUT2D eigenvalue weighted by atomic mass is 10.1. The van der Waals surface area contributed by atoms with Gasteiger partial charge in [0, 0.05) is 0 Å². The van der Waals surface area contributed by atoms with E-state index in [-0.39, 0.29) is 5.78 Å². The minimum atomic E-state index is -0.181. The van der Waals surface area contributed by atoms with Crippen molar-refractivity contribution in [3.63, 3.8) is 0 Å². The Hall–Kier alpha value is -2.75. The summed E-state index contributed by atoms with van der Waals surface area (Å²) in [6.07, 6.45) is 4.84. The third-order valence-electron chi connectivity index (χ3n) is 2.95. The third kappa shape index (κ3) is 3.88. The summed E-state index contributed by atoms with van der Waals surface area (Å²) < 4.78 is 16.0. The maximum atomic E-state index is 11.9. The lowest BCUT2D eigenvalue weighted by Crippen LogP contribution is -1.96. The molecule has 1 aromatic carbocycles. The van der Waals surface area contributed by atoms with Gasteiger partial charge in [-0.15, -0.1) is 0 Å². The number of carbonyl (C=O) groups is 1. The van der Waals surface area contributed by atoms with Crippen LogP contribution in [0.3, 0.4) is 0 Å². The molecule has 0 amide bonds. The number of rotatable bonds is 7. The van der Waals surface area contributed by atoms with Crippen LogP contribution in [-0.2, 0) is 0 Å². The second-order valence-corrected chi connectivity index (χ2v) is 4.62. The van der Waals surface area contributed by atoms with Gasteiger partial charge >= 0.3 is 0 Å². The predicted octanol–water partition coefficient (Wildman–Crippen LogP) is 4.06. The molecule has 0 bridgehead atoms. The zero-order valence-electron chi connectivity index (χ0n) is 12.7. The molecule has 4 heteroatoms. The molecule has 0 unspecified atom stereocenters. The highest BCUT2D eigenvalue weighted by molar-refractivity contribution is 6.04. The summed E-state index contributed by atoms with van der Waals surface area (Å²) in [5, 5.41) is 0. The van der Waals surface area contributed by atoms with Crippen molar-refractivity contribution in [2.75, 3.05) is 13.7 Å². The van der Waals surface area contributed by atoms with E-state index in [1.807, 2.05) is 6.07 Å². The number of aryl methyl sites for hydroxylation is 1. The van der Waals surface area contributed by atoms with Crippen molar-refractivity contribution in [2.24, 2.45) is 0 Å². The molecule has 0 saturated carbocycles. The summed E-state index contributed by atoms with van der Waals surface area (Å²) in [5.74, 6) is 2.09. The molecular formula is C18H18O4. The minimum Gasteiger partial charge on any atom is -0.493 e. The van der Waals surface area contributed by atoms with Gasteiger partial charge in [-0.25, -0.2) is 0 Å². The molecule has 1 heterocycles. The van der Waals surface area contributed by atoms with Gasteiger partial charge in [-0.05, 0) is 42.8 Å². The van der Waals surface area contributed by atoms with Crippen LogP contribution >= 0.6 is 0 Å². The van der Waals surface area contributed by atoms with Crippen LogP contribution in [0, 0.1) is 6.92 Å². The van der Waals surface area contributed by atoms with Gasteiger partial charge in [0.2, 0.25) is 5.78 Å². The maximum Gasteiger partial charge on any atom is 0.221 e. The van der Waals surface area contributed by atoms with Crippen LogP contribution in [0.15, 0.2) is 53.5 Å². The Balaban J connectivity index is 2.13. The van der Waals surface area contributed by atoms with Crippen molar-refractivity contribution in [2.45, 2.75) is 6.92 Å². The molecular weight excluding hydrogens is 280 g/mol. The highest BCUT2D eigenvalue weighted by Crippen LogP contribution is 2.28. The standard InChI is InChI=1S/C18H18O4/c1-4-11-21-17-10-7-14(12-18(17)20-3)6-8-15(19)16-9-5-13(2)22-16/h4-10,12H,1,11H2,2-3H3. The number of allylic oxidation sites excluding steroid dienone is 1. The summed E-state index contributed by atoms with van der Waals surface area (Å²) in [7, 11) is 1.57. The van der Waals surface area contributed by atoms with Crippen LogP contribution < -0.4 is 9.47 Å². The van der Waals surface area contributed by atoms with E-state index >= 15 is 0 Å². The van der Waals surface area contributed by atoms with Gasteiger partial charge in [0.05, 0.1) is 7.11 Å². The zero-order chi connectivity index (χ0) is 15.9. The summed E-state index contributed by atoms with van der Waals surface area (Å²) >= 11 is 0. The number of furan rings is 1. The number of ether oxygens (including phenoxy) is 2. The molecule has 2 aromatic rings. The average Bonchev–Trinajstić information content (AvgIpc) is 2.97. The monoisotopic (exact) mass is 298 g/mol. The van der Waals surface area contributed by atoms with Crippen LogP contribution in [0.5, 0.6) is 11.5 Å². The number of carbonyl (C=O) groups excluding carboxylic acids is 1. The van der Waals surface area contributed by atoms with Crippen LogP contribution in [0.2, 0.25) is 0 Å². The van der Waals surface area contributed by atoms with Crippen molar-refractivity contribution in [1.82, 2.24) is 0 Å². The smallest absolute Gasteiger partial charge is 0.221 e. The van der Waals surface area contributed by atoms with Crippen LogP contribution in [0.1, 0.15) is 21.9 Å². The van der Waals surface area contributed by atoms with Gasteiger partial charge in [-0.2, -0.15) is 0 Å². The van der Waals surface area contributed by atoms with Gasteiger partial charge in [0.1, 0.15) is 12.4 Å². The highest BCUT2D eigenvalue weighted by atomic mass is 16.5. The highest BCUT2D eigenvalue weighted by Gasteiger charge is 2.07. The van der Waals surface area contributed by atoms with E-state index in [0.29, 0.717) is 29.6 Å². The van der Waals surface area contributed by atoms with Crippen molar-refractivity contribution in [1.29, 1.82) is 0 Å². The van der Waals surface area contributed by atoms with Crippen molar-refractivity contribution >= 4 is 11.9 Å². The summed E-state index contributed by atoms with van der Waals surface area (Å²) in [4.78, 5) is 11.9. The molecule has 114 valence electrons. The van der Waals surface area contributed by atoms with Crippen LogP contribution in [-0.4, -0.2) is 19.5 Å². The first-order chi connectivity index (χ1) is 10.6. The molecule has 0 aliphatic heterocycles. The van der Waals surface area contributed by atoms with E-state index < -0.39 is 0 Å². The molecule has 0 spiro atoms. The Kier molecular flexibility index (Phi) is 5.20. The Morgan fingerprint density at radius 1 is 1.27 bits per heavy atom. The normalized spacial score (nSPS) is 10.6. The fourth-order valence-corrected chi connectivity index (χ4v) is 1.88. The zero-order valence-corrected chi connectivity index (χ0v) is 12.7. The first-order valence-electron chi connectivity index (χ1n) is 6.84. The third-order valence-corrected chi connectivity index (χ3v) is 2.95. The van der Waals surface area contributed by atoms with Crippen molar-refractivity contribution in [3.8, 4) is 11.5 Å². The molecule has 22 heavy (non-hydrogen) atoms. The second kappa shape index (κ2) is 7.31. The minimum absolute atomic E-state index is 0.181. The summed E-state index contributed by atoms with van der Waals surface area (Å²) in [6.45, 7) is 5.81. The van der Waals surface area contributed by atoms with Crippen LogP contribution in [0.4, 0.5) is 0 Å². The second-order valence-electron chi connectivity index (χ2n) is 4.62. The molecule has 0 radical (unpaired) electrons. The molecule has 0 aliphatic rings. The topological polar surface area (TPSA) is 48.7 Å². The Labute approximate surface area is 129 Å². The molecule has 0 N–H and O–H groups in total. The van der Waals surface area contributed by atoms with Gasteiger partial charge < -0.3 is 13.9 Å². The number of methoxy groups -OCH3 is 1. The number of hydrogen-bond acceptors (Lipinski definition) is 4. The fourth-order valence-electron chi connectivity index (χ4n) is 1.88. The van der Waals surface area contributed by atoms with E-state index in [9.17, 15) is 4.79 Å². The lowest BCUT2D eigenvalue weighted by molar-refractivity contribution is 0.102. The Morgan fingerprint density at radius 3 is 2.73 bits per heavy atom. The van der Waals surface area contributed by atoms with E-state index in [0.717, 1.165) is 5.56 Å². The molecule has 0 saturated heterocycles. The maximum absolute atomic E-state index is 11.9. The average molecular weight is 298 g/mol. The molecule has 1 aromatic heterocycles. The van der Waals surface area contributed by atoms with Gasteiger partial charge in [-0.1, -0.05) is 24.8 Å². The molecule has 0 fully saturated rings. The number of hydrogen-bond donors (Lipinski definition) is 0. The van der Waals surface area contributed by atoms with E-state index in [1.165, 1.54) is 6.08 Å². The Bertz CT molecular complexity index is 695. The molecule has 0 aliphatic carbocycles. The van der Waals surface area contributed by atoms with Crippen molar-refractivity contribution in [3.05, 3.63) is 66.1 Å². The van der Waals surface area contributed by atoms with Crippen LogP contribution in [0.25, 0.3) is 6.08 Å². The SMILES string of the molecule is C=CCOc1ccc(C=CC(=O)c2ccc(C)o2)cc1OC. The number of ketones is 1. The van der Waals surface area contributed by atoms with Gasteiger partial charge in [0.15, 0.2) is 17.3 Å². The Morgan fingerprint density at radius 2 is 2.09 bits per heavy atom. The molecule has 4 nitrogen and oxygen atoms in total. The van der Waals surface area contributed by atoms with E-state index in [2.05, 4.69) is 6.58 Å². The summed E-state index contributed by atoms with van der Waals surface area (Å²) in [5.41, 5.74) is 0.833. The molecule has 2 rings (SSSR count). The fraction of sp³-hybridized carbons (Fsp3) is 0.167. The quantitative estimate of drug-likeness (QED) is 0.439. The van der Waals surface area contributed by atoms with E-state index in [4.69, 9.17) is 13.9 Å². The molecule has 0 atom stereocenters. The largest absolute Gasteiger partial charge is 0.493 e. The van der Waals surface area contributed by atoms with Gasteiger partial charge in [-0.3, -0.25) is 4.79 Å². The summed E-state index contributed by atoms with van der Waals surface area (Å²) in [6, 6.07) is 8.86. The number of benzene rings is 1. The first kappa shape index (κ1) is 15.6. The van der Waals surface area contributed by atoms with E-state index in [1.54, 1.807) is 50.5 Å². The first-order valence-corrected chi connectivity index (χ1v) is 6.84. The van der Waals surface area contributed by atoms with Gasteiger partial charge in [0.25, 0.3) is 0 Å².